The van der Waals surface area contributed by atoms with Gasteiger partial charge >= 0.3 is 5.97 Å². The minimum absolute atomic E-state index is 0.183. The number of aromatic amines is 1. The first-order valence-electron chi connectivity index (χ1n) is 4.37. The fraction of sp³-hybridized carbons (Fsp3) is 0.444. The quantitative estimate of drug-likeness (QED) is 0.640. The van der Waals surface area contributed by atoms with Crippen LogP contribution in [0.4, 0.5) is 0 Å². The molecule has 5 nitrogen and oxygen atoms in total. The van der Waals surface area contributed by atoms with E-state index in [4.69, 9.17) is 15.6 Å². The van der Waals surface area contributed by atoms with Gasteiger partial charge in [-0.2, -0.15) is 0 Å². The van der Waals surface area contributed by atoms with Gasteiger partial charge in [0.1, 0.15) is 5.41 Å². The molecule has 0 amide bonds. The van der Waals surface area contributed by atoms with Crippen LogP contribution in [0.1, 0.15) is 11.7 Å². The van der Waals surface area contributed by atoms with Gasteiger partial charge in [-0.15, -0.1) is 0 Å². The van der Waals surface area contributed by atoms with Crippen LogP contribution in [0.25, 0.3) is 0 Å². The smallest absolute Gasteiger partial charge is 0.316 e. The van der Waals surface area contributed by atoms with Crippen molar-refractivity contribution < 1.29 is 14.6 Å². The van der Waals surface area contributed by atoms with Crippen LogP contribution < -0.4 is 5.73 Å². The molecule has 76 valence electrons. The SMILES string of the molecule is NC(c1ccc[nH]1)C1(C(=O)O)COC1. The summed E-state index contributed by atoms with van der Waals surface area (Å²) in [6.45, 7) is 0.366. The second-order valence-corrected chi connectivity index (χ2v) is 3.56. The normalized spacial score (nSPS) is 21.2. The second kappa shape index (κ2) is 3.11. The van der Waals surface area contributed by atoms with Crippen molar-refractivity contribution in [1.82, 2.24) is 4.98 Å². The first-order valence-corrected chi connectivity index (χ1v) is 4.37. The van der Waals surface area contributed by atoms with E-state index in [-0.39, 0.29) is 13.2 Å². The maximum absolute atomic E-state index is 11.1. The van der Waals surface area contributed by atoms with E-state index in [1.165, 1.54) is 0 Å². The zero-order chi connectivity index (χ0) is 10.2. The number of aliphatic carboxylic acids is 1. The number of hydrogen-bond donors (Lipinski definition) is 3. The van der Waals surface area contributed by atoms with Crippen LogP contribution in [0.15, 0.2) is 18.3 Å². The summed E-state index contributed by atoms with van der Waals surface area (Å²) in [7, 11) is 0. The van der Waals surface area contributed by atoms with Crippen LogP contribution in [-0.4, -0.2) is 29.3 Å². The lowest BCUT2D eigenvalue weighted by molar-refractivity contribution is -0.184. The first-order chi connectivity index (χ1) is 6.67. The number of carboxylic acid groups (broad SMARTS) is 1. The molecular weight excluding hydrogens is 184 g/mol. The molecule has 4 N–H and O–H groups in total. The molecule has 1 aliphatic heterocycles. The summed E-state index contributed by atoms with van der Waals surface area (Å²) >= 11 is 0. The number of carbonyl (C=O) groups is 1. The van der Waals surface area contributed by atoms with E-state index < -0.39 is 17.4 Å². The average molecular weight is 196 g/mol. The molecule has 0 bridgehead atoms. The Morgan fingerprint density at radius 3 is 2.79 bits per heavy atom. The van der Waals surface area contributed by atoms with Gasteiger partial charge in [0.05, 0.1) is 19.3 Å². The van der Waals surface area contributed by atoms with Gasteiger partial charge < -0.3 is 20.6 Å². The van der Waals surface area contributed by atoms with Crippen molar-refractivity contribution in [2.75, 3.05) is 13.2 Å². The van der Waals surface area contributed by atoms with E-state index in [2.05, 4.69) is 4.98 Å². The van der Waals surface area contributed by atoms with E-state index >= 15 is 0 Å². The summed E-state index contributed by atoms with van der Waals surface area (Å²) in [5, 5.41) is 9.08. The molecule has 1 saturated heterocycles. The number of hydrogen-bond acceptors (Lipinski definition) is 3. The minimum atomic E-state index is -0.954. The largest absolute Gasteiger partial charge is 0.481 e. The Labute approximate surface area is 80.9 Å². The third kappa shape index (κ3) is 1.13. The van der Waals surface area contributed by atoms with Gasteiger partial charge in [0.15, 0.2) is 0 Å². The molecule has 0 spiro atoms. The standard InChI is InChI=1S/C9H12N2O3/c10-7(6-2-1-3-11-6)9(8(12)13)4-14-5-9/h1-3,7,11H,4-5,10H2,(H,12,13). The summed E-state index contributed by atoms with van der Waals surface area (Å²) in [5.74, 6) is -0.897. The predicted octanol–water partition coefficient (Wildman–Crippen LogP) is 0.116. The number of nitrogens with two attached hydrogens (primary N) is 1. The van der Waals surface area contributed by atoms with Crippen LogP contribution in [-0.2, 0) is 9.53 Å². The Kier molecular flexibility index (Phi) is 2.05. The van der Waals surface area contributed by atoms with E-state index in [1.54, 1.807) is 18.3 Å². The Morgan fingerprint density at radius 1 is 1.71 bits per heavy atom. The lowest BCUT2D eigenvalue weighted by Gasteiger charge is -2.41. The molecular formula is C9H12N2O3. The van der Waals surface area contributed by atoms with Crippen molar-refractivity contribution in [3.63, 3.8) is 0 Å². The number of aromatic nitrogens is 1. The van der Waals surface area contributed by atoms with E-state index in [1.807, 2.05) is 0 Å². The Morgan fingerprint density at radius 2 is 2.43 bits per heavy atom. The van der Waals surface area contributed by atoms with Gasteiger partial charge in [0.2, 0.25) is 0 Å². The summed E-state index contributed by atoms with van der Waals surface area (Å²) in [5.41, 5.74) is 5.67. The third-order valence-electron chi connectivity index (χ3n) is 2.70. The van der Waals surface area contributed by atoms with Crippen molar-refractivity contribution in [3.05, 3.63) is 24.0 Å². The molecule has 0 saturated carbocycles. The lowest BCUT2D eigenvalue weighted by atomic mass is 9.77. The molecule has 1 unspecified atom stereocenters. The molecule has 1 atom stereocenters. The lowest BCUT2D eigenvalue weighted by Crippen LogP contribution is -2.55. The molecule has 1 aliphatic rings. The number of H-pyrrole nitrogens is 1. The van der Waals surface area contributed by atoms with Gasteiger partial charge in [-0.05, 0) is 12.1 Å². The van der Waals surface area contributed by atoms with Gasteiger partial charge in [-0.1, -0.05) is 0 Å². The van der Waals surface area contributed by atoms with Crippen LogP contribution in [0, 0.1) is 5.41 Å². The number of carboxylic acids is 1. The van der Waals surface area contributed by atoms with Crippen molar-refractivity contribution in [1.29, 1.82) is 0 Å². The zero-order valence-corrected chi connectivity index (χ0v) is 7.56. The molecule has 1 aromatic rings. The number of rotatable bonds is 3. The van der Waals surface area contributed by atoms with E-state index in [0.29, 0.717) is 0 Å². The molecule has 0 aliphatic carbocycles. The predicted molar refractivity (Wildman–Crippen MR) is 48.6 cm³/mol. The monoisotopic (exact) mass is 196 g/mol. The van der Waals surface area contributed by atoms with E-state index in [0.717, 1.165) is 5.69 Å². The second-order valence-electron chi connectivity index (χ2n) is 3.56. The van der Waals surface area contributed by atoms with Crippen molar-refractivity contribution >= 4 is 5.97 Å². The summed E-state index contributed by atoms with van der Waals surface area (Å²) < 4.78 is 4.94. The number of nitrogens with one attached hydrogen (secondary N) is 1. The van der Waals surface area contributed by atoms with Crippen molar-refractivity contribution in [2.24, 2.45) is 11.1 Å². The fourth-order valence-corrected chi connectivity index (χ4v) is 1.59. The van der Waals surface area contributed by atoms with Crippen molar-refractivity contribution in [2.45, 2.75) is 6.04 Å². The van der Waals surface area contributed by atoms with Crippen LogP contribution >= 0.6 is 0 Å². The summed E-state index contributed by atoms with van der Waals surface area (Å²) in [6, 6.07) is 3.04. The molecule has 1 aromatic heterocycles. The molecule has 1 fully saturated rings. The van der Waals surface area contributed by atoms with E-state index in [9.17, 15) is 4.79 Å². The topological polar surface area (TPSA) is 88.3 Å². The third-order valence-corrected chi connectivity index (χ3v) is 2.70. The molecule has 0 radical (unpaired) electrons. The van der Waals surface area contributed by atoms with Gasteiger partial charge in [0.25, 0.3) is 0 Å². The van der Waals surface area contributed by atoms with Gasteiger partial charge in [-0.25, -0.2) is 0 Å². The zero-order valence-electron chi connectivity index (χ0n) is 7.56. The molecule has 2 heterocycles. The number of ether oxygens (including phenoxy) is 1. The summed E-state index contributed by atoms with van der Waals surface area (Å²) in [4.78, 5) is 14.0. The van der Waals surface area contributed by atoms with Gasteiger partial charge in [-0.3, -0.25) is 4.79 Å². The minimum Gasteiger partial charge on any atom is -0.481 e. The molecule has 14 heavy (non-hydrogen) atoms. The maximum atomic E-state index is 11.1. The highest BCUT2D eigenvalue weighted by atomic mass is 16.5. The van der Waals surface area contributed by atoms with Gasteiger partial charge in [0, 0.05) is 11.9 Å². The van der Waals surface area contributed by atoms with Crippen LogP contribution in [0.2, 0.25) is 0 Å². The van der Waals surface area contributed by atoms with Crippen LogP contribution in [0.5, 0.6) is 0 Å². The van der Waals surface area contributed by atoms with Crippen molar-refractivity contribution in [3.8, 4) is 0 Å². The maximum Gasteiger partial charge on any atom is 0.316 e. The highest BCUT2D eigenvalue weighted by molar-refractivity contribution is 5.77. The molecule has 2 rings (SSSR count). The molecule has 0 aromatic carbocycles. The Balaban J connectivity index is 2.25. The summed E-state index contributed by atoms with van der Waals surface area (Å²) in [6.07, 6.45) is 1.73. The highest BCUT2D eigenvalue weighted by Gasteiger charge is 2.52. The molecule has 5 heteroatoms. The van der Waals surface area contributed by atoms with Crippen LogP contribution in [0.3, 0.4) is 0 Å². The first kappa shape index (κ1) is 9.23. The average Bonchev–Trinajstić information content (AvgIpc) is 2.51. The highest BCUT2D eigenvalue weighted by Crippen LogP contribution is 2.38. The Bertz CT molecular complexity index is 330. The fourth-order valence-electron chi connectivity index (χ4n) is 1.59. The Hall–Kier alpha value is -1.33.